The summed E-state index contributed by atoms with van der Waals surface area (Å²) in [5.74, 6) is 1.76. The Balaban J connectivity index is 1.71. The van der Waals surface area contributed by atoms with E-state index in [0.717, 1.165) is 52.8 Å². The number of nitrogens with one attached hydrogen (secondary N) is 2. The first kappa shape index (κ1) is 17.2. The van der Waals surface area contributed by atoms with E-state index in [4.69, 9.17) is 0 Å². The van der Waals surface area contributed by atoms with Gasteiger partial charge in [-0.1, -0.05) is 6.92 Å². The smallest absolute Gasteiger partial charge is 0.159 e. The lowest BCUT2D eigenvalue weighted by atomic mass is 10.1. The van der Waals surface area contributed by atoms with E-state index < -0.39 is 0 Å². The fraction of sp³-hybridized carbons (Fsp3) is 0.368. The van der Waals surface area contributed by atoms with Crippen molar-refractivity contribution in [2.75, 3.05) is 0 Å². The summed E-state index contributed by atoms with van der Waals surface area (Å²) in [7, 11) is 0. The summed E-state index contributed by atoms with van der Waals surface area (Å²) in [6.07, 6.45) is 6.33. The maximum absolute atomic E-state index is 4.65. The Morgan fingerprint density at radius 3 is 2.56 bits per heavy atom. The van der Waals surface area contributed by atoms with Crippen LogP contribution in [0.15, 0.2) is 30.7 Å². The molecule has 3 heterocycles. The number of rotatable bonds is 6. The number of aromatic nitrogens is 5. The largest absolute Gasteiger partial charge is 0.346 e. The van der Waals surface area contributed by atoms with E-state index in [1.165, 1.54) is 0 Å². The number of hydrogen-bond acceptors (Lipinski definition) is 5. The predicted molar refractivity (Wildman–Crippen MR) is 98.0 cm³/mol. The number of H-pyrrole nitrogens is 1. The van der Waals surface area contributed by atoms with Crippen molar-refractivity contribution in [1.82, 2.24) is 30.2 Å². The monoisotopic (exact) mass is 336 g/mol. The number of nitrogens with zero attached hydrogens (tertiary/aromatic N) is 4. The average Bonchev–Trinajstić information content (AvgIpc) is 3.00. The predicted octanol–water partition coefficient (Wildman–Crippen LogP) is 3.29. The van der Waals surface area contributed by atoms with Gasteiger partial charge < -0.3 is 10.3 Å². The van der Waals surface area contributed by atoms with E-state index in [1.54, 1.807) is 12.4 Å². The third kappa shape index (κ3) is 3.91. The first-order valence-electron chi connectivity index (χ1n) is 8.60. The van der Waals surface area contributed by atoms with Gasteiger partial charge in [0.15, 0.2) is 5.82 Å². The maximum Gasteiger partial charge on any atom is 0.159 e. The highest BCUT2D eigenvalue weighted by Crippen LogP contribution is 2.20. The van der Waals surface area contributed by atoms with Crippen LogP contribution in [-0.2, 0) is 13.0 Å². The zero-order valence-corrected chi connectivity index (χ0v) is 15.2. The molecule has 0 radical (unpaired) electrons. The van der Waals surface area contributed by atoms with Crippen molar-refractivity contribution >= 4 is 0 Å². The molecule has 0 saturated heterocycles. The molecule has 0 saturated carbocycles. The molecule has 0 spiro atoms. The Morgan fingerprint density at radius 2 is 1.92 bits per heavy atom. The van der Waals surface area contributed by atoms with Gasteiger partial charge in [0.05, 0.1) is 5.69 Å². The Labute approximate surface area is 148 Å². The highest BCUT2D eigenvalue weighted by atomic mass is 15.0. The van der Waals surface area contributed by atoms with Crippen molar-refractivity contribution < 1.29 is 0 Å². The Kier molecular flexibility index (Phi) is 5.19. The quantitative estimate of drug-likeness (QED) is 0.722. The summed E-state index contributed by atoms with van der Waals surface area (Å²) < 4.78 is 0. The van der Waals surface area contributed by atoms with Gasteiger partial charge in [0.2, 0.25) is 0 Å². The molecule has 0 aromatic carbocycles. The lowest BCUT2D eigenvalue weighted by molar-refractivity contribution is 0.560. The average molecular weight is 336 g/mol. The summed E-state index contributed by atoms with van der Waals surface area (Å²) in [5, 5.41) is 3.52. The van der Waals surface area contributed by atoms with Crippen LogP contribution in [0.5, 0.6) is 0 Å². The van der Waals surface area contributed by atoms with Gasteiger partial charge in [0.25, 0.3) is 0 Å². The molecular formula is C19H24N6. The van der Waals surface area contributed by atoms with Crippen LogP contribution in [-0.4, -0.2) is 24.9 Å². The van der Waals surface area contributed by atoms with Crippen molar-refractivity contribution in [3.8, 4) is 11.4 Å². The molecule has 0 aliphatic carbocycles. The molecule has 130 valence electrons. The van der Waals surface area contributed by atoms with Crippen molar-refractivity contribution in [1.29, 1.82) is 0 Å². The van der Waals surface area contributed by atoms with Crippen LogP contribution >= 0.6 is 0 Å². The van der Waals surface area contributed by atoms with Gasteiger partial charge in [0.1, 0.15) is 5.82 Å². The number of aryl methyl sites for hydroxylation is 3. The van der Waals surface area contributed by atoms with E-state index in [0.29, 0.717) is 0 Å². The second kappa shape index (κ2) is 7.53. The minimum absolute atomic E-state index is 0.146. The van der Waals surface area contributed by atoms with Crippen LogP contribution < -0.4 is 5.32 Å². The highest BCUT2D eigenvalue weighted by Gasteiger charge is 2.13. The van der Waals surface area contributed by atoms with Gasteiger partial charge in [0, 0.05) is 60.1 Å². The van der Waals surface area contributed by atoms with E-state index in [2.05, 4.69) is 51.0 Å². The standard InChI is InChI=1S/C19H24N6/c1-5-18-23-14(4)17(25-18)11-21-12(2)16-10-22-19(24-13(16)3)15-6-8-20-9-7-15/h6-10,12,21H,5,11H2,1-4H3,(H,23,25). The van der Waals surface area contributed by atoms with Gasteiger partial charge in [-0.05, 0) is 32.9 Å². The fourth-order valence-corrected chi connectivity index (χ4v) is 2.80. The van der Waals surface area contributed by atoms with Crippen LogP contribution in [0.3, 0.4) is 0 Å². The van der Waals surface area contributed by atoms with Crippen molar-refractivity contribution in [3.05, 3.63) is 59.2 Å². The molecule has 3 rings (SSSR count). The van der Waals surface area contributed by atoms with Crippen LogP contribution in [0.2, 0.25) is 0 Å². The molecule has 0 amide bonds. The third-order valence-corrected chi connectivity index (χ3v) is 4.37. The van der Waals surface area contributed by atoms with Gasteiger partial charge in [-0.2, -0.15) is 0 Å². The molecule has 6 heteroatoms. The molecule has 1 atom stereocenters. The first-order chi connectivity index (χ1) is 12.1. The lowest BCUT2D eigenvalue weighted by Crippen LogP contribution is -2.20. The summed E-state index contributed by atoms with van der Waals surface area (Å²) in [4.78, 5) is 21.1. The van der Waals surface area contributed by atoms with Gasteiger partial charge in [-0.3, -0.25) is 4.98 Å². The molecule has 2 N–H and O–H groups in total. The number of imidazole rings is 1. The number of hydrogen-bond donors (Lipinski definition) is 2. The SMILES string of the molecule is CCc1nc(CNC(C)c2cnc(-c3ccncc3)nc2C)c(C)[nH]1. The van der Waals surface area contributed by atoms with Crippen LogP contribution in [0.25, 0.3) is 11.4 Å². The zero-order chi connectivity index (χ0) is 17.8. The highest BCUT2D eigenvalue weighted by molar-refractivity contribution is 5.53. The minimum atomic E-state index is 0.146. The number of aromatic amines is 1. The summed E-state index contributed by atoms with van der Waals surface area (Å²) >= 11 is 0. The molecule has 6 nitrogen and oxygen atoms in total. The topological polar surface area (TPSA) is 79.4 Å². The lowest BCUT2D eigenvalue weighted by Gasteiger charge is -2.16. The summed E-state index contributed by atoms with van der Waals surface area (Å²) in [5.41, 5.74) is 5.24. The van der Waals surface area contributed by atoms with E-state index in [1.807, 2.05) is 25.3 Å². The second-order valence-electron chi connectivity index (χ2n) is 6.18. The summed E-state index contributed by atoms with van der Waals surface area (Å²) in [6.45, 7) is 9.03. The van der Waals surface area contributed by atoms with Crippen LogP contribution in [0, 0.1) is 13.8 Å². The zero-order valence-electron chi connectivity index (χ0n) is 15.2. The second-order valence-corrected chi connectivity index (χ2v) is 6.18. The minimum Gasteiger partial charge on any atom is -0.346 e. The molecular weight excluding hydrogens is 312 g/mol. The Hall–Kier alpha value is -2.60. The molecule has 0 bridgehead atoms. The van der Waals surface area contributed by atoms with Gasteiger partial charge in [-0.15, -0.1) is 0 Å². The summed E-state index contributed by atoms with van der Waals surface area (Å²) in [6, 6.07) is 3.98. The molecule has 25 heavy (non-hydrogen) atoms. The molecule has 3 aromatic heterocycles. The van der Waals surface area contributed by atoms with Crippen LogP contribution in [0.4, 0.5) is 0 Å². The van der Waals surface area contributed by atoms with Gasteiger partial charge in [-0.25, -0.2) is 15.0 Å². The third-order valence-electron chi connectivity index (χ3n) is 4.37. The van der Waals surface area contributed by atoms with E-state index >= 15 is 0 Å². The first-order valence-corrected chi connectivity index (χ1v) is 8.60. The molecule has 0 fully saturated rings. The van der Waals surface area contributed by atoms with Gasteiger partial charge >= 0.3 is 0 Å². The molecule has 1 unspecified atom stereocenters. The number of pyridine rings is 1. The van der Waals surface area contributed by atoms with E-state index in [9.17, 15) is 0 Å². The Morgan fingerprint density at radius 1 is 1.16 bits per heavy atom. The Bertz CT molecular complexity index is 840. The molecule has 0 aliphatic rings. The van der Waals surface area contributed by atoms with Crippen LogP contribution in [0.1, 0.15) is 48.4 Å². The molecule has 3 aromatic rings. The normalized spacial score (nSPS) is 12.3. The van der Waals surface area contributed by atoms with Crippen molar-refractivity contribution in [2.45, 2.75) is 46.7 Å². The maximum atomic E-state index is 4.65. The molecule has 0 aliphatic heterocycles. The van der Waals surface area contributed by atoms with E-state index in [-0.39, 0.29) is 6.04 Å². The van der Waals surface area contributed by atoms with Crippen molar-refractivity contribution in [2.24, 2.45) is 0 Å². The fourth-order valence-electron chi connectivity index (χ4n) is 2.80. The van der Waals surface area contributed by atoms with Crippen molar-refractivity contribution in [3.63, 3.8) is 0 Å².